The highest BCUT2D eigenvalue weighted by atomic mass is 16.5. The van der Waals surface area contributed by atoms with Crippen LogP contribution in [0.1, 0.15) is 50.9 Å². The van der Waals surface area contributed by atoms with Gasteiger partial charge in [0.2, 0.25) is 0 Å². The molecule has 0 N–H and O–H groups in total. The molecule has 0 amide bonds. The van der Waals surface area contributed by atoms with Crippen molar-refractivity contribution >= 4 is 17.0 Å². The van der Waals surface area contributed by atoms with Gasteiger partial charge in [-0.25, -0.2) is 14.8 Å². The van der Waals surface area contributed by atoms with Crippen LogP contribution in [0.25, 0.3) is 11.0 Å². The van der Waals surface area contributed by atoms with Crippen LogP contribution < -0.4 is 0 Å². The van der Waals surface area contributed by atoms with E-state index in [-0.39, 0.29) is 5.97 Å². The Kier molecular flexibility index (Phi) is 8.20. The molecule has 0 fully saturated rings. The smallest absolute Gasteiger partial charge is 0.355 e. The third-order valence-electron chi connectivity index (χ3n) is 2.37. The molecular weight excluding hydrogens is 254 g/mol. The van der Waals surface area contributed by atoms with Crippen LogP contribution in [0.5, 0.6) is 0 Å². The second-order valence-corrected chi connectivity index (χ2v) is 3.51. The van der Waals surface area contributed by atoms with Crippen molar-refractivity contribution in [2.45, 2.75) is 41.5 Å². The maximum absolute atomic E-state index is 11.6. The summed E-state index contributed by atoms with van der Waals surface area (Å²) < 4.78 is 6.68. The molecule has 0 spiro atoms. The topological polar surface area (TPSA) is 57.0 Å². The molecule has 0 bridgehead atoms. The number of carbonyl (C=O) groups excluding carboxylic acids is 1. The molecular formula is C15H25N3O2. The van der Waals surface area contributed by atoms with Crippen LogP contribution in [-0.2, 0) is 11.8 Å². The average Bonchev–Trinajstić information content (AvgIpc) is 2.81. The van der Waals surface area contributed by atoms with Gasteiger partial charge < -0.3 is 9.30 Å². The molecule has 2 heterocycles. The quantitative estimate of drug-likeness (QED) is 0.789. The van der Waals surface area contributed by atoms with Crippen LogP contribution >= 0.6 is 0 Å². The number of nitrogens with zero attached hydrogens (tertiary/aromatic N) is 3. The summed E-state index contributed by atoms with van der Waals surface area (Å²) in [5, 5.41) is 0.844. The van der Waals surface area contributed by atoms with E-state index in [4.69, 9.17) is 4.74 Å². The van der Waals surface area contributed by atoms with Gasteiger partial charge in [-0.1, -0.05) is 27.7 Å². The SMILES string of the molecule is CC.CC.CCOC(=O)c1cc2cnc(C)nc2n1C. The Labute approximate surface area is 121 Å². The average molecular weight is 279 g/mol. The van der Waals surface area contributed by atoms with Crippen LogP contribution in [-0.4, -0.2) is 27.1 Å². The zero-order valence-electron chi connectivity index (χ0n) is 13.5. The minimum atomic E-state index is -0.333. The molecule has 0 radical (unpaired) electrons. The summed E-state index contributed by atoms with van der Waals surface area (Å²) in [4.78, 5) is 20.0. The minimum absolute atomic E-state index is 0.333. The van der Waals surface area contributed by atoms with E-state index in [1.54, 1.807) is 30.8 Å². The molecule has 2 aromatic rings. The number of rotatable bonds is 2. The fourth-order valence-electron chi connectivity index (χ4n) is 1.60. The summed E-state index contributed by atoms with van der Waals surface area (Å²) in [5.74, 6) is 0.352. The standard InChI is InChI=1S/C11H13N3O2.2C2H6/c1-4-16-11(15)9-5-8-6-12-7(2)13-10(8)14(9)3;2*1-2/h5-6H,4H2,1-3H3;2*1-2H3. The Morgan fingerprint density at radius 2 is 1.90 bits per heavy atom. The van der Waals surface area contributed by atoms with E-state index in [0.717, 1.165) is 11.0 Å². The van der Waals surface area contributed by atoms with E-state index in [0.29, 0.717) is 18.1 Å². The number of aryl methyl sites for hydroxylation is 2. The molecule has 2 aromatic heterocycles. The van der Waals surface area contributed by atoms with E-state index >= 15 is 0 Å². The van der Waals surface area contributed by atoms with E-state index in [9.17, 15) is 4.79 Å². The van der Waals surface area contributed by atoms with Crippen molar-refractivity contribution in [1.82, 2.24) is 14.5 Å². The number of hydrogen-bond acceptors (Lipinski definition) is 4. The van der Waals surface area contributed by atoms with Gasteiger partial charge in [0, 0.05) is 18.6 Å². The first-order chi connectivity index (χ1) is 9.63. The normalized spacial score (nSPS) is 9.15. The van der Waals surface area contributed by atoms with Crippen LogP contribution in [0.2, 0.25) is 0 Å². The highest BCUT2D eigenvalue weighted by Gasteiger charge is 2.15. The first-order valence-corrected chi connectivity index (χ1v) is 7.09. The van der Waals surface area contributed by atoms with Crippen LogP contribution in [0.15, 0.2) is 12.3 Å². The Morgan fingerprint density at radius 3 is 2.45 bits per heavy atom. The van der Waals surface area contributed by atoms with Crippen molar-refractivity contribution in [3.8, 4) is 0 Å². The molecule has 0 aliphatic rings. The summed E-state index contributed by atoms with van der Waals surface area (Å²) >= 11 is 0. The molecule has 0 unspecified atom stereocenters. The predicted octanol–water partition coefficient (Wildman–Crippen LogP) is 3.51. The number of carbonyl (C=O) groups is 1. The van der Waals surface area contributed by atoms with Gasteiger partial charge in [-0.3, -0.25) is 0 Å². The number of ether oxygens (including phenoxy) is 1. The molecule has 0 aromatic carbocycles. The molecule has 20 heavy (non-hydrogen) atoms. The predicted molar refractivity (Wildman–Crippen MR) is 81.9 cm³/mol. The van der Waals surface area contributed by atoms with Gasteiger partial charge in [0.05, 0.1) is 6.61 Å². The van der Waals surface area contributed by atoms with Crippen molar-refractivity contribution in [2.24, 2.45) is 7.05 Å². The number of esters is 1. The van der Waals surface area contributed by atoms with Crippen LogP contribution in [0.4, 0.5) is 0 Å². The second kappa shape index (κ2) is 9.07. The minimum Gasteiger partial charge on any atom is -0.461 e. The van der Waals surface area contributed by atoms with Gasteiger partial charge in [-0.15, -0.1) is 0 Å². The summed E-state index contributed by atoms with van der Waals surface area (Å²) in [6.07, 6.45) is 1.71. The van der Waals surface area contributed by atoms with Crippen molar-refractivity contribution < 1.29 is 9.53 Å². The van der Waals surface area contributed by atoms with Gasteiger partial charge in [-0.2, -0.15) is 0 Å². The third kappa shape index (κ3) is 4.05. The molecule has 5 heteroatoms. The Bertz CT molecular complexity index is 547. The lowest BCUT2D eigenvalue weighted by Crippen LogP contribution is -2.09. The summed E-state index contributed by atoms with van der Waals surface area (Å²) in [7, 11) is 1.79. The number of fused-ring (bicyclic) bond motifs is 1. The van der Waals surface area contributed by atoms with Crippen LogP contribution in [0, 0.1) is 6.92 Å². The van der Waals surface area contributed by atoms with Crippen molar-refractivity contribution in [3.63, 3.8) is 0 Å². The summed E-state index contributed by atoms with van der Waals surface area (Å²) in [5.41, 5.74) is 1.24. The third-order valence-corrected chi connectivity index (χ3v) is 2.37. The molecule has 0 atom stereocenters. The monoisotopic (exact) mass is 279 g/mol. The van der Waals surface area contributed by atoms with Gasteiger partial charge in [0.25, 0.3) is 0 Å². The fourth-order valence-corrected chi connectivity index (χ4v) is 1.60. The highest BCUT2D eigenvalue weighted by Crippen LogP contribution is 2.16. The van der Waals surface area contributed by atoms with E-state index in [1.165, 1.54) is 0 Å². The Balaban J connectivity index is 0.000000829. The maximum Gasteiger partial charge on any atom is 0.355 e. The van der Waals surface area contributed by atoms with Crippen molar-refractivity contribution in [3.05, 3.63) is 23.8 Å². The summed E-state index contributed by atoms with van der Waals surface area (Å²) in [6, 6.07) is 1.74. The molecule has 5 nitrogen and oxygen atoms in total. The zero-order chi connectivity index (χ0) is 15.7. The Morgan fingerprint density at radius 1 is 1.30 bits per heavy atom. The molecule has 0 saturated carbocycles. The largest absolute Gasteiger partial charge is 0.461 e. The van der Waals surface area contributed by atoms with Gasteiger partial charge in [0.1, 0.15) is 17.2 Å². The lowest BCUT2D eigenvalue weighted by atomic mass is 10.3. The molecule has 112 valence electrons. The number of aromatic nitrogens is 3. The first-order valence-electron chi connectivity index (χ1n) is 7.09. The Hall–Kier alpha value is -1.91. The molecule has 0 aliphatic carbocycles. The lowest BCUT2D eigenvalue weighted by molar-refractivity contribution is 0.0516. The van der Waals surface area contributed by atoms with Crippen molar-refractivity contribution in [2.75, 3.05) is 6.61 Å². The van der Waals surface area contributed by atoms with E-state index in [1.807, 2.05) is 34.6 Å². The van der Waals surface area contributed by atoms with Crippen molar-refractivity contribution in [1.29, 1.82) is 0 Å². The fraction of sp³-hybridized carbons (Fsp3) is 0.533. The first kappa shape index (κ1) is 18.1. The van der Waals surface area contributed by atoms with E-state index < -0.39 is 0 Å². The second-order valence-electron chi connectivity index (χ2n) is 3.51. The lowest BCUT2D eigenvalue weighted by Gasteiger charge is -2.02. The highest BCUT2D eigenvalue weighted by molar-refractivity contribution is 5.94. The van der Waals surface area contributed by atoms with Gasteiger partial charge >= 0.3 is 5.97 Å². The summed E-state index contributed by atoms with van der Waals surface area (Å²) in [6.45, 7) is 12.0. The maximum atomic E-state index is 11.6. The molecule has 0 aliphatic heterocycles. The van der Waals surface area contributed by atoms with Gasteiger partial charge in [0.15, 0.2) is 0 Å². The molecule has 0 saturated heterocycles. The van der Waals surface area contributed by atoms with Gasteiger partial charge in [-0.05, 0) is 19.9 Å². The zero-order valence-corrected chi connectivity index (χ0v) is 13.5. The number of hydrogen-bond donors (Lipinski definition) is 0. The van der Waals surface area contributed by atoms with Crippen LogP contribution in [0.3, 0.4) is 0 Å². The van der Waals surface area contributed by atoms with E-state index in [2.05, 4.69) is 9.97 Å². The molecule has 2 rings (SSSR count).